The number of hydrogen-bond acceptors (Lipinski definition) is 4. The number of methoxy groups -OCH3 is 2. The lowest BCUT2D eigenvalue weighted by Crippen LogP contribution is -2.18. The topological polar surface area (TPSA) is 57.4 Å². The molecule has 0 spiro atoms. The van der Waals surface area contributed by atoms with Gasteiger partial charge < -0.3 is 15.2 Å². The summed E-state index contributed by atoms with van der Waals surface area (Å²) >= 11 is 0. The highest BCUT2D eigenvalue weighted by molar-refractivity contribution is 5.35. The largest absolute Gasteiger partial charge is 0.495 e. The fourth-order valence-electron chi connectivity index (χ4n) is 1.26. The Bertz CT molecular complexity index is 300. The Kier molecular flexibility index (Phi) is 3.71. The number of nitrogens with two attached hydrogens (primary N) is 1. The predicted octanol–water partition coefficient (Wildman–Crippen LogP) is 0.989. The lowest BCUT2D eigenvalue weighted by molar-refractivity contribution is 0.383. The van der Waals surface area contributed by atoms with Gasteiger partial charge in [0.2, 0.25) is 5.88 Å². The number of nitrogens with zero attached hydrogens (tertiary/aromatic N) is 1. The Morgan fingerprint density at radius 2 is 2.14 bits per heavy atom. The van der Waals surface area contributed by atoms with E-state index < -0.39 is 0 Å². The van der Waals surface area contributed by atoms with Crippen molar-refractivity contribution in [1.82, 2.24) is 4.98 Å². The van der Waals surface area contributed by atoms with Crippen LogP contribution in [0.3, 0.4) is 0 Å². The minimum Gasteiger partial charge on any atom is -0.495 e. The zero-order valence-electron chi connectivity index (χ0n) is 8.78. The summed E-state index contributed by atoms with van der Waals surface area (Å²) in [4.78, 5) is 4.05. The van der Waals surface area contributed by atoms with Crippen molar-refractivity contribution in [2.75, 3.05) is 14.2 Å². The fourth-order valence-corrected chi connectivity index (χ4v) is 1.26. The van der Waals surface area contributed by atoms with Crippen molar-refractivity contribution in [2.45, 2.75) is 19.4 Å². The summed E-state index contributed by atoms with van der Waals surface area (Å²) in [6, 6.07) is 1.94. The van der Waals surface area contributed by atoms with E-state index in [1.165, 1.54) is 0 Å². The first-order valence-electron chi connectivity index (χ1n) is 4.50. The maximum Gasteiger partial charge on any atom is 0.213 e. The zero-order chi connectivity index (χ0) is 10.6. The number of aromatic nitrogens is 1. The van der Waals surface area contributed by atoms with E-state index in [0.29, 0.717) is 5.88 Å². The lowest BCUT2D eigenvalue weighted by Gasteiger charge is -2.11. The second kappa shape index (κ2) is 4.81. The molecule has 2 N–H and O–H groups in total. The van der Waals surface area contributed by atoms with Crippen LogP contribution >= 0.6 is 0 Å². The van der Waals surface area contributed by atoms with Gasteiger partial charge in [0.15, 0.2) is 0 Å². The van der Waals surface area contributed by atoms with Crippen molar-refractivity contribution in [2.24, 2.45) is 5.73 Å². The first-order chi connectivity index (χ1) is 6.67. The minimum atomic E-state index is 0.0935. The van der Waals surface area contributed by atoms with E-state index in [1.807, 2.05) is 13.0 Å². The second-order valence-corrected chi connectivity index (χ2v) is 3.22. The Morgan fingerprint density at radius 3 is 2.64 bits per heavy atom. The Hall–Kier alpha value is -1.29. The Morgan fingerprint density at radius 1 is 1.43 bits per heavy atom. The van der Waals surface area contributed by atoms with E-state index in [-0.39, 0.29) is 6.04 Å². The molecule has 78 valence electrons. The van der Waals surface area contributed by atoms with Crippen molar-refractivity contribution in [1.29, 1.82) is 0 Å². The Labute approximate surface area is 84.0 Å². The van der Waals surface area contributed by atoms with Gasteiger partial charge in [-0.3, -0.25) is 0 Å². The highest BCUT2D eigenvalue weighted by Gasteiger charge is 2.07. The minimum absolute atomic E-state index is 0.0935. The van der Waals surface area contributed by atoms with E-state index in [4.69, 9.17) is 15.2 Å². The lowest BCUT2D eigenvalue weighted by atomic mass is 10.1. The van der Waals surface area contributed by atoms with Gasteiger partial charge in [-0.1, -0.05) is 0 Å². The molecule has 0 aliphatic heterocycles. The number of pyridine rings is 1. The van der Waals surface area contributed by atoms with Crippen molar-refractivity contribution in [3.05, 3.63) is 17.8 Å². The average molecular weight is 196 g/mol. The molecule has 0 aliphatic rings. The quantitative estimate of drug-likeness (QED) is 0.780. The van der Waals surface area contributed by atoms with E-state index in [0.717, 1.165) is 17.7 Å². The molecule has 0 saturated carbocycles. The summed E-state index contributed by atoms with van der Waals surface area (Å²) in [6.07, 6.45) is 2.40. The van der Waals surface area contributed by atoms with Crippen LogP contribution in [0.4, 0.5) is 0 Å². The predicted molar refractivity (Wildman–Crippen MR) is 54.7 cm³/mol. The van der Waals surface area contributed by atoms with E-state index >= 15 is 0 Å². The van der Waals surface area contributed by atoms with E-state index in [9.17, 15) is 0 Å². The molecule has 0 radical (unpaired) electrons. The first kappa shape index (κ1) is 10.8. The summed E-state index contributed by atoms with van der Waals surface area (Å²) < 4.78 is 10.2. The highest BCUT2D eigenvalue weighted by atomic mass is 16.5. The third-order valence-corrected chi connectivity index (χ3v) is 1.89. The van der Waals surface area contributed by atoms with Gasteiger partial charge in [0.25, 0.3) is 0 Å². The average Bonchev–Trinajstić information content (AvgIpc) is 2.16. The number of ether oxygens (including phenoxy) is 2. The molecule has 1 atom stereocenters. The molecular formula is C10H16N2O2. The van der Waals surface area contributed by atoms with Crippen LogP contribution in [-0.4, -0.2) is 25.2 Å². The van der Waals surface area contributed by atoms with Gasteiger partial charge in [-0.25, -0.2) is 4.98 Å². The Balaban J connectivity index is 2.96. The summed E-state index contributed by atoms with van der Waals surface area (Å²) in [5.74, 6) is 1.34. The van der Waals surface area contributed by atoms with Crippen molar-refractivity contribution < 1.29 is 9.47 Å². The van der Waals surface area contributed by atoms with Gasteiger partial charge in [0.1, 0.15) is 5.75 Å². The SMILES string of the molecule is COc1cc(C[C@@H](C)N)c(OC)cn1. The van der Waals surface area contributed by atoms with Crippen molar-refractivity contribution >= 4 is 0 Å². The molecule has 0 unspecified atom stereocenters. The summed E-state index contributed by atoms with van der Waals surface area (Å²) in [5, 5.41) is 0. The van der Waals surface area contributed by atoms with Gasteiger partial charge >= 0.3 is 0 Å². The van der Waals surface area contributed by atoms with Gasteiger partial charge in [0, 0.05) is 17.7 Å². The fraction of sp³-hybridized carbons (Fsp3) is 0.500. The van der Waals surface area contributed by atoms with Crippen LogP contribution in [0.2, 0.25) is 0 Å². The molecular weight excluding hydrogens is 180 g/mol. The van der Waals surface area contributed by atoms with Crippen LogP contribution in [0, 0.1) is 0 Å². The number of hydrogen-bond donors (Lipinski definition) is 1. The maximum absolute atomic E-state index is 5.72. The normalized spacial score (nSPS) is 12.3. The molecule has 0 aromatic carbocycles. The third kappa shape index (κ3) is 2.60. The molecule has 0 fully saturated rings. The van der Waals surface area contributed by atoms with Gasteiger partial charge in [-0.15, -0.1) is 0 Å². The molecule has 1 aromatic heterocycles. The van der Waals surface area contributed by atoms with Crippen LogP contribution in [0.15, 0.2) is 12.3 Å². The molecule has 0 bridgehead atoms. The van der Waals surface area contributed by atoms with Crippen molar-refractivity contribution in [3.63, 3.8) is 0 Å². The van der Waals surface area contributed by atoms with Crippen LogP contribution in [-0.2, 0) is 6.42 Å². The van der Waals surface area contributed by atoms with Gasteiger partial charge in [-0.05, 0) is 13.3 Å². The molecule has 1 rings (SSSR count). The molecule has 14 heavy (non-hydrogen) atoms. The van der Waals surface area contributed by atoms with Gasteiger partial charge in [0.05, 0.1) is 20.4 Å². The first-order valence-corrected chi connectivity index (χ1v) is 4.50. The smallest absolute Gasteiger partial charge is 0.213 e. The van der Waals surface area contributed by atoms with Crippen LogP contribution in [0.1, 0.15) is 12.5 Å². The summed E-state index contributed by atoms with van der Waals surface area (Å²) in [6.45, 7) is 1.95. The molecule has 4 nitrogen and oxygen atoms in total. The van der Waals surface area contributed by atoms with E-state index in [1.54, 1.807) is 20.4 Å². The van der Waals surface area contributed by atoms with Crippen molar-refractivity contribution in [3.8, 4) is 11.6 Å². The van der Waals surface area contributed by atoms with Gasteiger partial charge in [-0.2, -0.15) is 0 Å². The molecule has 0 amide bonds. The standard InChI is InChI=1S/C10H16N2O2/c1-7(11)4-8-5-10(14-3)12-6-9(8)13-2/h5-7H,4,11H2,1-3H3/t7-/m1/s1. The summed E-state index contributed by atoms with van der Waals surface area (Å²) in [5.41, 5.74) is 6.75. The van der Waals surface area contributed by atoms with Crippen LogP contribution in [0.25, 0.3) is 0 Å². The maximum atomic E-state index is 5.72. The van der Waals surface area contributed by atoms with Crippen LogP contribution in [0.5, 0.6) is 11.6 Å². The molecule has 4 heteroatoms. The zero-order valence-corrected chi connectivity index (χ0v) is 8.78. The monoisotopic (exact) mass is 196 g/mol. The van der Waals surface area contributed by atoms with E-state index in [2.05, 4.69) is 4.98 Å². The second-order valence-electron chi connectivity index (χ2n) is 3.22. The molecule has 1 heterocycles. The molecule has 0 saturated heterocycles. The summed E-state index contributed by atoms with van der Waals surface area (Å²) in [7, 11) is 3.21. The molecule has 1 aromatic rings. The highest BCUT2D eigenvalue weighted by Crippen LogP contribution is 2.22. The van der Waals surface area contributed by atoms with Crippen LogP contribution < -0.4 is 15.2 Å². The molecule has 0 aliphatic carbocycles. The third-order valence-electron chi connectivity index (χ3n) is 1.89. The number of rotatable bonds is 4.